The standard InChI is InChI=1S/C14H28N2O/c1-12-13(7-10-17-12)11-15-8-4-6-14-5-2-3-9-16-14/h12-16H,2-11H2,1H3. The molecular weight excluding hydrogens is 212 g/mol. The molecule has 0 spiro atoms. The third kappa shape index (κ3) is 4.57. The van der Waals surface area contributed by atoms with Gasteiger partial charge in [0.1, 0.15) is 0 Å². The van der Waals surface area contributed by atoms with Gasteiger partial charge < -0.3 is 15.4 Å². The summed E-state index contributed by atoms with van der Waals surface area (Å²) in [5.41, 5.74) is 0. The molecule has 17 heavy (non-hydrogen) atoms. The highest BCUT2D eigenvalue weighted by Gasteiger charge is 2.23. The van der Waals surface area contributed by atoms with Crippen LogP contribution in [0.15, 0.2) is 0 Å². The maximum Gasteiger partial charge on any atom is 0.0588 e. The Kier molecular flexibility index (Phi) is 5.75. The zero-order valence-corrected chi connectivity index (χ0v) is 11.2. The molecule has 0 aromatic carbocycles. The van der Waals surface area contributed by atoms with E-state index in [2.05, 4.69) is 17.6 Å². The van der Waals surface area contributed by atoms with Gasteiger partial charge >= 0.3 is 0 Å². The Morgan fingerprint density at radius 2 is 2.24 bits per heavy atom. The first kappa shape index (κ1) is 13.3. The van der Waals surface area contributed by atoms with Crippen molar-refractivity contribution in [2.45, 2.75) is 57.6 Å². The van der Waals surface area contributed by atoms with Crippen LogP contribution in [0.1, 0.15) is 45.4 Å². The molecule has 2 fully saturated rings. The number of hydrogen-bond acceptors (Lipinski definition) is 3. The van der Waals surface area contributed by atoms with Crippen molar-refractivity contribution < 1.29 is 4.74 Å². The van der Waals surface area contributed by atoms with Crippen molar-refractivity contribution in [3.8, 4) is 0 Å². The van der Waals surface area contributed by atoms with Gasteiger partial charge in [-0.2, -0.15) is 0 Å². The molecule has 3 unspecified atom stereocenters. The summed E-state index contributed by atoms with van der Waals surface area (Å²) in [6.45, 7) is 6.69. The van der Waals surface area contributed by atoms with E-state index >= 15 is 0 Å². The van der Waals surface area contributed by atoms with Crippen LogP contribution in [0, 0.1) is 5.92 Å². The number of rotatable bonds is 6. The second-order valence-corrected chi connectivity index (χ2v) is 5.62. The first-order valence-corrected chi connectivity index (χ1v) is 7.42. The van der Waals surface area contributed by atoms with Crippen LogP contribution >= 0.6 is 0 Å². The Bertz CT molecular complexity index is 204. The summed E-state index contributed by atoms with van der Waals surface area (Å²) in [6.07, 6.45) is 8.51. The molecule has 3 atom stereocenters. The summed E-state index contributed by atoms with van der Waals surface area (Å²) in [7, 11) is 0. The molecule has 0 aromatic rings. The lowest BCUT2D eigenvalue weighted by molar-refractivity contribution is 0.105. The second kappa shape index (κ2) is 7.34. The first-order chi connectivity index (χ1) is 8.36. The second-order valence-electron chi connectivity index (χ2n) is 5.62. The van der Waals surface area contributed by atoms with Gasteiger partial charge in [-0.3, -0.25) is 0 Å². The first-order valence-electron chi connectivity index (χ1n) is 7.42. The van der Waals surface area contributed by atoms with Crippen LogP contribution in [0.3, 0.4) is 0 Å². The van der Waals surface area contributed by atoms with E-state index in [1.807, 2.05) is 0 Å². The van der Waals surface area contributed by atoms with E-state index < -0.39 is 0 Å². The molecule has 2 saturated heterocycles. The molecule has 0 aromatic heterocycles. The lowest BCUT2D eigenvalue weighted by Gasteiger charge is -2.23. The number of nitrogens with one attached hydrogen (secondary N) is 2. The van der Waals surface area contributed by atoms with Gasteiger partial charge in [0, 0.05) is 19.2 Å². The Labute approximate surface area is 106 Å². The minimum absolute atomic E-state index is 0.461. The lowest BCUT2D eigenvalue weighted by Crippen LogP contribution is -2.35. The van der Waals surface area contributed by atoms with Gasteiger partial charge in [0.05, 0.1) is 6.10 Å². The van der Waals surface area contributed by atoms with E-state index in [1.54, 1.807) is 0 Å². The minimum Gasteiger partial charge on any atom is -0.378 e. The van der Waals surface area contributed by atoms with Crippen LogP contribution in [-0.4, -0.2) is 38.4 Å². The van der Waals surface area contributed by atoms with Crippen molar-refractivity contribution >= 4 is 0 Å². The van der Waals surface area contributed by atoms with Gasteiger partial charge in [0.25, 0.3) is 0 Å². The van der Waals surface area contributed by atoms with E-state index in [0.717, 1.165) is 25.1 Å². The fourth-order valence-electron chi connectivity index (χ4n) is 2.98. The van der Waals surface area contributed by atoms with E-state index in [0.29, 0.717) is 6.10 Å². The van der Waals surface area contributed by atoms with Crippen LogP contribution < -0.4 is 10.6 Å². The van der Waals surface area contributed by atoms with Gasteiger partial charge in [-0.1, -0.05) is 6.42 Å². The van der Waals surface area contributed by atoms with Crippen LogP contribution in [0.4, 0.5) is 0 Å². The van der Waals surface area contributed by atoms with Crippen LogP contribution in [0.25, 0.3) is 0 Å². The molecule has 0 amide bonds. The predicted octanol–water partition coefficient (Wildman–Crippen LogP) is 1.92. The number of piperidine rings is 1. The molecule has 2 aliphatic heterocycles. The van der Waals surface area contributed by atoms with Gasteiger partial charge in [-0.25, -0.2) is 0 Å². The zero-order chi connectivity index (χ0) is 11.9. The summed E-state index contributed by atoms with van der Waals surface area (Å²) in [5.74, 6) is 0.739. The molecule has 3 nitrogen and oxygen atoms in total. The summed E-state index contributed by atoms with van der Waals surface area (Å²) in [6, 6.07) is 0.791. The SMILES string of the molecule is CC1OCCC1CNCCCC1CCCCN1. The molecule has 3 heteroatoms. The topological polar surface area (TPSA) is 33.3 Å². The van der Waals surface area contributed by atoms with Crippen LogP contribution in [-0.2, 0) is 4.74 Å². The summed E-state index contributed by atoms with van der Waals surface area (Å²) in [4.78, 5) is 0. The molecule has 2 heterocycles. The monoisotopic (exact) mass is 240 g/mol. The van der Waals surface area contributed by atoms with Gasteiger partial charge in [0.15, 0.2) is 0 Å². The molecule has 0 radical (unpaired) electrons. The van der Waals surface area contributed by atoms with Gasteiger partial charge in [-0.05, 0) is 58.0 Å². The van der Waals surface area contributed by atoms with E-state index in [1.165, 1.54) is 51.6 Å². The minimum atomic E-state index is 0.461. The average Bonchev–Trinajstić information content (AvgIpc) is 2.76. The molecule has 2 N–H and O–H groups in total. The number of hydrogen-bond donors (Lipinski definition) is 2. The highest BCUT2D eigenvalue weighted by atomic mass is 16.5. The van der Waals surface area contributed by atoms with Crippen molar-refractivity contribution in [3.63, 3.8) is 0 Å². The largest absolute Gasteiger partial charge is 0.378 e. The molecular formula is C14H28N2O. The van der Waals surface area contributed by atoms with E-state index in [4.69, 9.17) is 4.74 Å². The summed E-state index contributed by atoms with van der Waals surface area (Å²) >= 11 is 0. The Hall–Kier alpha value is -0.120. The Morgan fingerprint density at radius 3 is 2.94 bits per heavy atom. The molecule has 0 bridgehead atoms. The molecule has 2 aliphatic rings. The average molecular weight is 240 g/mol. The molecule has 0 aliphatic carbocycles. The predicted molar refractivity (Wildman–Crippen MR) is 71.3 cm³/mol. The molecule has 2 rings (SSSR count). The van der Waals surface area contributed by atoms with Crippen molar-refractivity contribution in [1.29, 1.82) is 0 Å². The zero-order valence-electron chi connectivity index (χ0n) is 11.2. The maximum absolute atomic E-state index is 5.57. The van der Waals surface area contributed by atoms with Crippen molar-refractivity contribution in [3.05, 3.63) is 0 Å². The Balaban J connectivity index is 1.45. The van der Waals surface area contributed by atoms with E-state index in [9.17, 15) is 0 Å². The van der Waals surface area contributed by atoms with E-state index in [-0.39, 0.29) is 0 Å². The third-order valence-corrected chi connectivity index (χ3v) is 4.26. The summed E-state index contributed by atoms with van der Waals surface area (Å²) < 4.78 is 5.57. The van der Waals surface area contributed by atoms with Gasteiger partial charge in [-0.15, -0.1) is 0 Å². The van der Waals surface area contributed by atoms with Crippen molar-refractivity contribution in [2.75, 3.05) is 26.2 Å². The normalized spacial score (nSPS) is 34.1. The highest BCUT2D eigenvalue weighted by Crippen LogP contribution is 2.19. The van der Waals surface area contributed by atoms with Crippen molar-refractivity contribution in [2.24, 2.45) is 5.92 Å². The molecule has 100 valence electrons. The highest BCUT2D eigenvalue weighted by molar-refractivity contribution is 4.75. The third-order valence-electron chi connectivity index (χ3n) is 4.26. The lowest BCUT2D eigenvalue weighted by atomic mass is 10.0. The fraction of sp³-hybridized carbons (Fsp3) is 1.00. The fourth-order valence-corrected chi connectivity index (χ4v) is 2.98. The van der Waals surface area contributed by atoms with Crippen molar-refractivity contribution in [1.82, 2.24) is 10.6 Å². The Morgan fingerprint density at radius 1 is 1.29 bits per heavy atom. The van der Waals surface area contributed by atoms with Crippen LogP contribution in [0.2, 0.25) is 0 Å². The maximum atomic E-state index is 5.57. The smallest absolute Gasteiger partial charge is 0.0588 e. The molecule has 0 saturated carbocycles. The summed E-state index contributed by atoms with van der Waals surface area (Å²) in [5, 5.41) is 7.20. The van der Waals surface area contributed by atoms with Gasteiger partial charge in [0.2, 0.25) is 0 Å². The number of ether oxygens (including phenoxy) is 1. The van der Waals surface area contributed by atoms with Crippen LogP contribution in [0.5, 0.6) is 0 Å². The quantitative estimate of drug-likeness (QED) is 0.696.